The molecule has 0 aromatic rings. The fraction of sp³-hybridized carbons (Fsp3) is 0.667. The van der Waals surface area contributed by atoms with E-state index < -0.39 is 60.2 Å². The van der Waals surface area contributed by atoms with Gasteiger partial charge in [0.1, 0.15) is 18.1 Å². The molecule has 26 heavy (non-hydrogen) atoms. The zero-order valence-electron chi connectivity index (χ0n) is 15.2. The van der Waals surface area contributed by atoms with E-state index in [0.29, 0.717) is 0 Å². The van der Waals surface area contributed by atoms with Crippen LogP contribution in [-0.2, 0) is 24.0 Å². The Bertz CT molecular complexity index is 565. The Morgan fingerprint density at radius 1 is 0.846 bits per heavy atom. The van der Waals surface area contributed by atoms with E-state index in [9.17, 15) is 24.0 Å². The molecule has 0 aliphatic rings. The minimum atomic E-state index is -1.50. The van der Waals surface area contributed by atoms with Crippen LogP contribution >= 0.6 is 0 Å². The van der Waals surface area contributed by atoms with E-state index in [0.717, 1.165) is 0 Å². The summed E-state index contributed by atoms with van der Waals surface area (Å²) in [4.78, 5) is 57.7. The van der Waals surface area contributed by atoms with Gasteiger partial charge in [-0.3, -0.25) is 19.2 Å². The molecule has 0 radical (unpaired) electrons. The van der Waals surface area contributed by atoms with E-state index in [1.54, 1.807) is 13.8 Å². The summed E-state index contributed by atoms with van der Waals surface area (Å²) in [6, 6.07) is -4.34. The maximum absolute atomic E-state index is 12.0. The van der Waals surface area contributed by atoms with E-state index in [1.165, 1.54) is 13.8 Å². The third-order valence-electron chi connectivity index (χ3n) is 3.54. The number of nitrogens with one attached hydrogen (secondary N) is 3. The molecule has 0 aromatic carbocycles. The molecule has 0 spiro atoms. The van der Waals surface area contributed by atoms with Crippen molar-refractivity contribution >= 4 is 29.6 Å². The third kappa shape index (κ3) is 7.92. The summed E-state index contributed by atoms with van der Waals surface area (Å²) in [7, 11) is 0. The smallest absolute Gasteiger partial charge is 0.326 e. The largest absolute Gasteiger partial charge is 0.480 e. The molecule has 8 N–H and O–H groups in total. The number of nitrogens with two attached hydrogens (primary N) is 2. The van der Waals surface area contributed by atoms with Gasteiger partial charge in [-0.1, -0.05) is 13.8 Å². The van der Waals surface area contributed by atoms with Crippen molar-refractivity contribution in [3.05, 3.63) is 0 Å². The van der Waals surface area contributed by atoms with Gasteiger partial charge in [0.15, 0.2) is 0 Å². The molecule has 148 valence electrons. The van der Waals surface area contributed by atoms with Gasteiger partial charge >= 0.3 is 5.97 Å². The number of carbonyl (C=O) groups is 5. The van der Waals surface area contributed by atoms with Crippen LogP contribution in [0.3, 0.4) is 0 Å². The lowest BCUT2D eigenvalue weighted by Gasteiger charge is -2.22. The molecule has 4 atom stereocenters. The minimum Gasteiger partial charge on any atom is -0.480 e. The normalized spacial score (nSPS) is 15.3. The van der Waals surface area contributed by atoms with E-state index in [2.05, 4.69) is 16.0 Å². The average Bonchev–Trinajstić information content (AvgIpc) is 2.52. The number of carbonyl (C=O) groups excluding carboxylic acids is 4. The first-order valence-electron chi connectivity index (χ1n) is 8.04. The summed E-state index contributed by atoms with van der Waals surface area (Å²) in [6.45, 7) is 6.25. The molecule has 11 heteroatoms. The maximum atomic E-state index is 12.0. The van der Waals surface area contributed by atoms with Crippen LogP contribution in [0.2, 0.25) is 0 Å². The highest BCUT2D eigenvalue weighted by Gasteiger charge is 2.27. The number of rotatable bonds is 10. The molecule has 0 saturated carbocycles. The molecule has 0 heterocycles. The number of primary amides is 1. The van der Waals surface area contributed by atoms with Crippen molar-refractivity contribution in [1.82, 2.24) is 16.0 Å². The number of hydrogen-bond donors (Lipinski definition) is 6. The number of amides is 4. The lowest BCUT2D eigenvalue weighted by Crippen LogP contribution is -2.56. The summed E-state index contributed by atoms with van der Waals surface area (Å²) in [6.07, 6.45) is -0.582. The molecule has 0 fully saturated rings. The number of hydrogen-bond acceptors (Lipinski definition) is 6. The van der Waals surface area contributed by atoms with E-state index >= 15 is 0 Å². The SMILES string of the molecule is CC(NC(=O)C(C)NC(=O)C(N)C(C)C)C(=O)NC(CC(N)=O)C(=O)O. The van der Waals surface area contributed by atoms with E-state index in [-0.39, 0.29) is 5.92 Å². The molecule has 0 aliphatic heterocycles. The Balaban J connectivity index is 4.68. The fourth-order valence-electron chi connectivity index (χ4n) is 1.78. The van der Waals surface area contributed by atoms with Crippen LogP contribution in [0.5, 0.6) is 0 Å². The van der Waals surface area contributed by atoms with Crippen LogP contribution in [-0.4, -0.2) is 58.9 Å². The van der Waals surface area contributed by atoms with Gasteiger partial charge in [-0.2, -0.15) is 0 Å². The van der Waals surface area contributed by atoms with Gasteiger partial charge in [0.05, 0.1) is 12.5 Å². The highest BCUT2D eigenvalue weighted by atomic mass is 16.4. The minimum absolute atomic E-state index is 0.117. The molecular formula is C15H27N5O6. The summed E-state index contributed by atoms with van der Waals surface area (Å²) in [5, 5.41) is 15.8. The van der Waals surface area contributed by atoms with Crippen molar-refractivity contribution < 1.29 is 29.1 Å². The van der Waals surface area contributed by atoms with Gasteiger partial charge in [-0.25, -0.2) is 4.79 Å². The molecule has 0 aliphatic carbocycles. The monoisotopic (exact) mass is 373 g/mol. The Morgan fingerprint density at radius 2 is 1.27 bits per heavy atom. The summed E-state index contributed by atoms with van der Waals surface area (Å²) < 4.78 is 0. The van der Waals surface area contributed by atoms with Crippen molar-refractivity contribution in [2.24, 2.45) is 17.4 Å². The molecule has 0 bridgehead atoms. The van der Waals surface area contributed by atoms with E-state index in [4.69, 9.17) is 16.6 Å². The predicted molar refractivity (Wildman–Crippen MR) is 91.4 cm³/mol. The van der Waals surface area contributed by atoms with Crippen LogP contribution in [0.25, 0.3) is 0 Å². The second-order valence-corrected chi connectivity index (χ2v) is 6.30. The van der Waals surface area contributed by atoms with Gasteiger partial charge in [-0.15, -0.1) is 0 Å². The summed E-state index contributed by atoms with van der Waals surface area (Å²) in [5.74, 6) is -4.42. The molecule has 0 aromatic heterocycles. The number of carboxylic acid groups (broad SMARTS) is 1. The van der Waals surface area contributed by atoms with Crippen LogP contribution in [0.15, 0.2) is 0 Å². The quantitative estimate of drug-likeness (QED) is 0.242. The van der Waals surface area contributed by atoms with Crippen molar-refractivity contribution in [3.8, 4) is 0 Å². The highest BCUT2D eigenvalue weighted by Crippen LogP contribution is 1.99. The summed E-state index contributed by atoms with van der Waals surface area (Å²) >= 11 is 0. The molecule has 4 amide bonds. The van der Waals surface area contributed by atoms with Crippen molar-refractivity contribution in [3.63, 3.8) is 0 Å². The molecule has 4 unspecified atom stereocenters. The lowest BCUT2D eigenvalue weighted by atomic mass is 10.0. The first-order valence-corrected chi connectivity index (χ1v) is 8.04. The predicted octanol–water partition coefficient (Wildman–Crippen LogP) is -2.58. The van der Waals surface area contributed by atoms with Crippen LogP contribution < -0.4 is 27.4 Å². The lowest BCUT2D eigenvalue weighted by molar-refractivity contribution is -0.143. The van der Waals surface area contributed by atoms with Crippen LogP contribution in [0.1, 0.15) is 34.1 Å². The highest BCUT2D eigenvalue weighted by molar-refractivity contribution is 5.94. The third-order valence-corrected chi connectivity index (χ3v) is 3.54. The van der Waals surface area contributed by atoms with Crippen LogP contribution in [0, 0.1) is 5.92 Å². The second-order valence-electron chi connectivity index (χ2n) is 6.30. The fourth-order valence-corrected chi connectivity index (χ4v) is 1.78. The molecule has 0 saturated heterocycles. The maximum Gasteiger partial charge on any atom is 0.326 e. The Morgan fingerprint density at radius 3 is 1.65 bits per heavy atom. The Hall–Kier alpha value is -2.69. The molecule has 0 rings (SSSR count). The standard InChI is InChI=1S/C15H27N5O6/c1-6(2)11(17)14(24)19-7(3)12(22)18-8(4)13(23)20-9(15(25)26)5-10(16)21/h6-9,11H,5,17H2,1-4H3,(H2,16,21)(H,18,22)(H,19,24)(H,20,23)(H,25,26). The van der Waals surface area contributed by atoms with E-state index in [1.807, 2.05) is 0 Å². The van der Waals surface area contributed by atoms with Gasteiger partial charge in [0.25, 0.3) is 0 Å². The van der Waals surface area contributed by atoms with Crippen molar-refractivity contribution in [2.45, 2.75) is 58.3 Å². The van der Waals surface area contributed by atoms with Gasteiger partial charge < -0.3 is 32.5 Å². The average molecular weight is 373 g/mol. The van der Waals surface area contributed by atoms with Gasteiger partial charge in [0, 0.05) is 0 Å². The van der Waals surface area contributed by atoms with Crippen LogP contribution in [0.4, 0.5) is 0 Å². The first-order chi connectivity index (χ1) is 11.9. The topological polar surface area (TPSA) is 194 Å². The number of aliphatic carboxylic acids is 1. The van der Waals surface area contributed by atoms with Crippen molar-refractivity contribution in [1.29, 1.82) is 0 Å². The summed E-state index contributed by atoms with van der Waals surface area (Å²) in [5.41, 5.74) is 10.6. The Kier molecular flexibility index (Phi) is 9.27. The first kappa shape index (κ1) is 23.3. The number of carboxylic acids is 1. The molecule has 11 nitrogen and oxygen atoms in total. The zero-order valence-corrected chi connectivity index (χ0v) is 15.2. The second kappa shape index (κ2) is 10.3. The Labute approximate surface area is 151 Å². The zero-order chi connectivity index (χ0) is 20.6. The van der Waals surface area contributed by atoms with Gasteiger partial charge in [-0.05, 0) is 19.8 Å². The van der Waals surface area contributed by atoms with Crippen molar-refractivity contribution in [2.75, 3.05) is 0 Å². The molecular weight excluding hydrogens is 346 g/mol. The van der Waals surface area contributed by atoms with Gasteiger partial charge in [0.2, 0.25) is 23.6 Å².